The molecule has 0 saturated heterocycles. The van der Waals surface area contributed by atoms with Crippen molar-refractivity contribution in [3.63, 3.8) is 0 Å². The molecule has 0 aliphatic heterocycles. The molecule has 2 aromatic heterocycles. The molecule has 0 spiro atoms. The number of nitrogens with one attached hydrogen (secondary N) is 1. The van der Waals surface area contributed by atoms with Gasteiger partial charge in [0.15, 0.2) is 33.8 Å². The average Bonchev–Trinajstić information content (AvgIpc) is 3.73. The van der Waals surface area contributed by atoms with Crippen molar-refractivity contribution in [2.75, 3.05) is 11.1 Å². The van der Waals surface area contributed by atoms with E-state index in [2.05, 4.69) is 25.6 Å². The maximum absolute atomic E-state index is 13.7. The molecule has 9 nitrogen and oxygen atoms in total. The van der Waals surface area contributed by atoms with Gasteiger partial charge in [-0.2, -0.15) is 0 Å². The number of rotatable bonds is 7. The van der Waals surface area contributed by atoms with E-state index in [0.29, 0.717) is 33.6 Å². The molecule has 0 radical (unpaired) electrons. The third-order valence-corrected chi connectivity index (χ3v) is 7.95. The van der Waals surface area contributed by atoms with Gasteiger partial charge in [0.2, 0.25) is 0 Å². The summed E-state index contributed by atoms with van der Waals surface area (Å²) < 4.78 is 28.4. The van der Waals surface area contributed by atoms with Gasteiger partial charge in [-0.25, -0.2) is 23.4 Å². The summed E-state index contributed by atoms with van der Waals surface area (Å²) in [4.78, 5) is 9.29. The van der Waals surface area contributed by atoms with Crippen molar-refractivity contribution in [1.82, 2.24) is 25.0 Å². The highest BCUT2D eigenvalue weighted by Gasteiger charge is 2.44. The Bertz CT molecular complexity index is 1240. The maximum Gasteiger partial charge on any atom is 0.191 e. The monoisotopic (exact) mass is 490 g/mol. The van der Waals surface area contributed by atoms with Crippen LogP contribution in [0.15, 0.2) is 23.4 Å². The summed E-state index contributed by atoms with van der Waals surface area (Å²) in [6.07, 6.45) is -0.283. The predicted molar refractivity (Wildman–Crippen MR) is 119 cm³/mol. The fraction of sp³-hybridized carbons (Fsp3) is 0.545. The predicted octanol–water partition coefficient (Wildman–Crippen LogP) is 2.00. The number of anilines is 1. The standard InChI is InChI=1S/C22H24F2N6O3S/c23-12-4-3-10(5-13(12)24)11-6-14(11)25-20-17-21(27-22(26-20)34-8-9-1-2-9)30(29-28-17)15-7-16(31)19(33)18(15)32/h3-5,9,11,14-16,18-19,31-33H,1-2,6-8H2,(H,25,26,27)/t11-,14+,15+,16-,18-,19+/m0/s1. The lowest BCUT2D eigenvalue weighted by Gasteiger charge is -2.16. The van der Waals surface area contributed by atoms with E-state index in [9.17, 15) is 24.1 Å². The van der Waals surface area contributed by atoms with Gasteiger partial charge in [0, 0.05) is 24.1 Å². The zero-order valence-electron chi connectivity index (χ0n) is 18.1. The molecule has 3 fully saturated rings. The number of halogens is 2. The lowest BCUT2D eigenvalue weighted by molar-refractivity contribution is -0.0253. The first-order chi connectivity index (χ1) is 16.4. The van der Waals surface area contributed by atoms with Gasteiger partial charge >= 0.3 is 0 Å². The number of benzene rings is 1. The van der Waals surface area contributed by atoms with E-state index in [1.807, 2.05) is 0 Å². The van der Waals surface area contributed by atoms with Crippen LogP contribution in [-0.4, -0.2) is 70.4 Å². The van der Waals surface area contributed by atoms with Gasteiger partial charge in [-0.3, -0.25) is 0 Å². The molecule has 1 aromatic carbocycles. The van der Waals surface area contributed by atoms with Crippen LogP contribution in [0.1, 0.15) is 43.2 Å². The van der Waals surface area contributed by atoms with E-state index >= 15 is 0 Å². The van der Waals surface area contributed by atoms with Gasteiger partial charge in [0.25, 0.3) is 0 Å². The Kier molecular flexibility index (Phi) is 5.43. The molecule has 3 aliphatic rings. The van der Waals surface area contributed by atoms with Gasteiger partial charge in [0.1, 0.15) is 12.2 Å². The molecule has 34 heavy (non-hydrogen) atoms. The number of aliphatic hydroxyl groups is 3. The van der Waals surface area contributed by atoms with Crippen molar-refractivity contribution in [1.29, 1.82) is 0 Å². The first-order valence-electron chi connectivity index (χ1n) is 11.4. The van der Waals surface area contributed by atoms with Gasteiger partial charge in [-0.1, -0.05) is 23.0 Å². The summed E-state index contributed by atoms with van der Waals surface area (Å²) in [5, 5.41) is 42.7. The van der Waals surface area contributed by atoms with Crippen LogP contribution >= 0.6 is 11.8 Å². The number of hydrogen-bond acceptors (Lipinski definition) is 9. The van der Waals surface area contributed by atoms with Crippen LogP contribution in [0.2, 0.25) is 0 Å². The van der Waals surface area contributed by atoms with E-state index in [4.69, 9.17) is 0 Å². The highest BCUT2D eigenvalue weighted by molar-refractivity contribution is 7.99. The molecule has 2 heterocycles. The zero-order chi connectivity index (χ0) is 23.6. The molecule has 3 aliphatic carbocycles. The summed E-state index contributed by atoms with van der Waals surface area (Å²) in [5.74, 6) is 0.319. The van der Waals surface area contributed by atoms with Crippen LogP contribution in [0.25, 0.3) is 11.2 Å². The minimum atomic E-state index is -1.27. The van der Waals surface area contributed by atoms with Crippen molar-refractivity contribution in [3.05, 3.63) is 35.4 Å². The first-order valence-corrected chi connectivity index (χ1v) is 12.4. The topological polar surface area (TPSA) is 129 Å². The van der Waals surface area contributed by atoms with Crippen LogP contribution in [0.4, 0.5) is 14.6 Å². The highest BCUT2D eigenvalue weighted by Crippen LogP contribution is 2.44. The Morgan fingerprint density at radius 3 is 2.59 bits per heavy atom. The highest BCUT2D eigenvalue weighted by atomic mass is 32.2. The van der Waals surface area contributed by atoms with Crippen molar-refractivity contribution in [3.8, 4) is 0 Å². The van der Waals surface area contributed by atoms with E-state index in [1.165, 1.54) is 23.6 Å². The molecular weight excluding hydrogens is 466 g/mol. The molecule has 4 N–H and O–H groups in total. The number of hydrogen-bond donors (Lipinski definition) is 4. The zero-order valence-corrected chi connectivity index (χ0v) is 18.9. The summed E-state index contributed by atoms with van der Waals surface area (Å²) in [6, 6.07) is 3.25. The molecule has 0 amide bonds. The lowest BCUT2D eigenvalue weighted by atomic mass is 10.1. The van der Waals surface area contributed by atoms with Gasteiger partial charge in [-0.05, 0) is 42.9 Å². The van der Waals surface area contributed by atoms with Crippen molar-refractivity contribution >= 4 is 28.7 Å². The number of nitrogens with zero attached hydrogens (tertiary/aromatic N) is 5. The Balaban J connectivity index is 1.30. The Hall–Kier alpha value is -2.41. The second-order valence-corrected chi connectivity index (χ2v) is 10.4. The largest absolute Gasteiger partial charge is 0.390 e. The normalized spacial score (nSPS) is 30.7. The minimum absolute atomic E-state index is 0.0136. The van der Waals surface area contributed by atoms with Gasteiger partial charge in [-0.15, -0.1) is 5.10 Å². The fourth-order valence-corrected chi connectivity index (χ4v) is 5.57. The molecule has 180 valence electrons. The van der Waals surface area contributed by atoms with Crippen LogP contribution in [0.5, 0.6) is 0 Å². The molecular formula is C22H24F2N6O3S. The number of thioether (sulfide) groups is 1. The van der Waals surface area contributed by atoms with Crippen LogP contribution < -0.4 is 5.32 Å². The summed E-state index contributed by atoms with van der Waals surface area (Å²) >= 11 is 1.54. The molecule has 6 rings (SSSR count). The number of fused-ring (bicyclic) bond motifs is 1. The Morgan fingerprint density at radius 1 is 1.06 bits per heavy atom. The van der Waals surface area contributed by atoms with Crippen molar-refractivity contribution in [2.45, 2.75) is 67.2 Å². The van der Waals surface area contributed by atoms with Crippen LogP contribution in [0, 0.1) is 17.6 Å². The second-order valence-electron chi connectivity index (χ2n) is 9.43. The smallest absolute Gasteiger partial charge is 0.191 e. The molecule has 12 heteroatoms. The number of aromatic nitrogens is 5. The van der Waals surface area contributed by atoms with E-state index in [1.54, 1.807) is 17.8 Å². The van der Waals surface area contributed by atoms with Gasteiger partial charge < -0.3 is 20.6 Å². The maximum atomic E-state index is 13.7. The second kappa shape index (κ2) is 8.36. The SMILES string of the molecule is O[C@@H]1[C@H](O)[C@@H](O)C[C@H]1n1nnc2c(N[C@@H]3C[C@H]3c3ccc(F)c(F)c3)nc(SCC3CC3)nc21. The molecule has 0 bridgehead atoms. The molecule has 3 aromatic rings. The minimum Gasteiger partial charge on any atom is -0.390 e. The fourth-order valence-electron chi connectivity index (χ4n) is 4.54. The molecule has 3 saturated carbocycles. The Labute approximate surface area is 197 Å². The summed E-state index contributed by atoms with van der Waals surface area (Å²) in [7, 11) is 0. The number of aliphatic hydroxyl groups excluding tert-OH is 3. The molecule has 0 unspecified atom stereocenters. The quantitative estimate of drug-likeness (QED) is 0.290. The average molecular weight is 491 g/mol. The molecule has 6 atom stereocenters. The van der Waals surface area contributed by atoms with E-state index in [-0.39, 0.29) is 18.4 Å². The van der Waals surface area contributed by atoms with E-state index < -0.39 is 36.0 Å². The van der Waals surface area contributed by atoms with Crippen molar-refractivity contribution in [2.24, 2.45) is 5.92 Å². The van der Waals surface area contributed by atoms with Crippen molar-refractivity contribution < 1.29 is 24.1 Å². The third-order valence-electron chi connectivity index (χ3n) is 6.87. The van der Waals surface area contributed by atoms with Gasteiger partial charge in [0.05, 0.1) is 12.1 Å². The summed E-state index contributed by atoms with van der Waals surface area (Å²) in [6.45, 7) is 0. The summed E-state index contributed by atoms with van der Waals surface area (Å²) in [5.41, 5.74) is 1.53. The first kappa shape index (κ1) is 22.1. The Morgan fingerprint density at radius 2 is 1.88 bits per heavy atom. The third kappa shape index (κ3) is 4.02. The lowest BCUT2D eigenvalue weighted by Crippen LogP contribution is -2.31. The van der Waals surface area contributed by atoms with E-state index in [0.717, 1.165) is 18.2 Å². The van der Waals surface area contributed by atoms with Crippen LogP contribution in [0.3, 0.4) is 0 Å². The van der Waals surface area contributed by atoms with Crippen LogP contribution in [-0.2, 0) is 0 Å².